The van der Waals surface area contributed by atoms with Crippen LogP contribution in [0.3, 0.4) is 0 Å². The van der Waals surface area contributed by atoms with Gasteiger partial charge in [-0.1, -0.05) is 0 Å². The van der Waals surface area contributed by atoms with Crippen LogP contribution in [0.25, 0.3) is 0 Å². The number of carboxylic acids is 3. The Morgan fingerprint density at radius 2 is 0.571 bits per heavy atom. The number of aliphatic hydroxyl groups is 34. The van der Waals surface area contributed by atoms with Crippen molar-refractivity contribution in [3.05, 3.63) is 0 Å². The van der Waals surface area contributed by atoms with Crippen LogP contribution in [-0.4, -0.2) is 616 Å². The molecule has 0 aromatic carbocycles. The monoisotopic (exact) mass is 1960 g/mol. The molecule has 0 spiro atoms. The summed E-state index contributed by atoms with van der Waals surface area (Å²) >= 11 is 0. The Bertz CT molecular complexity index is 3630. The fraction of sp³-hybridized carbons (Fsp3) is 0.958. The highest BCUT2D eigenvalue weighted by atomic mass is 16.8. The highest BCUT2D eigenvalue weighted by Crippen LogP contribution is 2.47. The van der Waals surface area contributed by atoms with Crippen molar-refractivity contribution in [3.63, 3.8) is 0 Å². The molecule has 0 bridgehead atoms. The fourth-order valence-corrected chi connectivity index (χ4v) is 17.2. The lowest BCUT2D eigenvalue weighted by Crippen LogP contribution is -2.71. The fourth-order valence-electron chi connectivity index (χ4n) is 17.2. The normalized spacial score (nSPS) is 50.3. The van der Waals surface area contributed by atoms with Crippen molar-refractivity contribution in [2.45, 2.75) is 349 Å². The van der Waals surface area contributed by atoms with Crippen molar-refractivity contribution in [1.82, 2.24) is 0 Å². The van der Waals surface area contributed by atoms with Gasteiger partial charge in [0.1, 0.15) is 250 Å². The van der Waals surface area contributed by atoms with Crippen LogP contribution in [-0.2, 0) is 114 Å². The van der Waals surface area contributed by atoms with Crippen LogP contribution in [0.15, 0.2) is 0 Å². The zero-order chi connectivity index (χ0) is 98.1. The largest absolute Gasteiger partial charge is 0.477 e. The highest BCUT2D eigenvalue weighted by Gasteiger charge is 2.67. The number of aliphatic hydroxyl groups excluding tert-OH is 34. The molecule has 0 radical (unpaired) electrons. The Balaban J connectivity index is 1.01. The van der Waals surface area contributed by atoms with E-state index in [4.69, 9.17) is 99.5 Å². The minimum Gasteiger partial charge on any atom is -0.477 e. The molecule has 11 rings (SSSR count). The van der Waals surface area contributed by atoms with Crippen molar-refractivity contribution in [2.24, 2.45) is 0 Å². The number of ether oxygens (including phenoxy) is 21. The number of aliphatic carboxylic acids is 3. The molecule has 0 amide bonds. The molecule has 61 heteroatoms. The summed E-state index contributed by atoms with van der Waals surface area (Å²) in [6.07, 6.45) is -126. The van der Waals surface area contributed by atoms with Crippen LogP contribution in [0.5, 0.6) is 0 Å². The number of carbonyl (C=O) groups is 3. The van der Waals surface area contributed by atoms with E-state index >= 15 is 0 Å². The molecule has 61 nitrogen and oxygen atoms in total. The van der Waals surface area contributed by atoms with Gasteiger partial charge < -0.3 is 288 Å². The van der Waals surface area contributed by atoms with E-state index in [2.05, 4.69) is 0 Å². The Morgan fingerprint density at radius 3 is 1.03 bits per heavy atom. The molecule has 0 unspecified atom stereocenters. The van der Waals surface area contributed by atoms with Gasteiger partial charge in [0.25, 0.3) is 17.4 Å². The summed E-state index contributed by atoms with van der Waals surface area (Å²) in [5.41, 5.74) is 0. The second-order valence-electron chi connectivity index (χ2n) is 33.5. The summed E-state index contributed by atoms with van der Waals surface area (Å²) in [5, 5.41) is 411. The molecule has 0 aliphatic carbocycles. The Hall–Kier alpha value is -3.79. The van der Waals surface area contributed by atoms with Gasteiger partial charge in [0.2, 0.25) is 0 Å². The molecular weight excluding hydrogens is 1840 g/mol. The van der Waals surface area contributed by atoms with Gasteiger partial charge in [-0.2, -0.15) is 0 Å². The molecule has 11 aliphatic rings. The Kier molecular flexibility index (Phi) is 38.0. The number of hydrogen-bond donors (Lipinski definition) is 37. The first-order valence-corrected chi connectivity index (χ1v) is 41.7. The number of carboxylic acid groups (broad SMARTS) is 3. The van der Waals surface area contributed by atoms with Gasteiger partial charge in [-0.3, -0.25) is 0 Å². The molecule has 11 aliphatic heterocycles. The third-order valence-electron chi connectivity index (χ3n) is 24.8. The highest BCUT2D eigenvalue weighted by molar-refractivity contribution is 5.77. The number of hydrogen-bond acceptors (Lipinski definition) is 58. The molecule has 11 saturated heterocycles. The predicted octanol–water partition coefficient (Wildman–Crippen LogP) is -24.8. The molecule has 133 heavy (non-hydrogen) atoms. The van der Waals surface area contributed by atoms with Crippen LogP contribution in [0, 0.1) is 0 Å². The van der Waals surface area contributed by atoms with E-state index in [0.717, 1.165) is 0 Å². The molecular formula is C72H118O61. The van der Waals surface area contributed by atoms with Gasteiger partial charge in [0.05, 0.1) is 97.6 Å². The summed E-state index contributed by atoms with van der Waals surface area (Å²) in [5.74, 6) is -17.8. The summed E-state index contributed by atoms with van der Waals surface area (Å²) < 4.78 is 123. The maximum Gasteiger partial charge on any atom is 0.364 e. The van der Waals surface area contributed by atoms with Crippen molar-refractivity contribution in [2.75, 3.05) is 79.3 Å². The third kappa shape index (κ3) is 22.5. The van der Waals surface area contributed by atoms with Crippen LogP contribution in [0.4, 0.5) is 0 Å². The Morgan fingerprint density at radius 1 is 0.263 bits per heavy atom. The quantitative estimate of drug-likeness (QED) is 0.0273. The standard InChI is InChI=1S/C72H118O61/c73-4-18(85)50-31(88)16(83)1-71(130-50,68(109)110)129-21-3-70(67(107)108,114-15-30-37(94)33(90)22(7-76)115-30)132-52(20(87)6-75)54(21)124-63-47(104)44(101)53(28(13-82)121-63)123-66-59(128-64-49(106)56(39(96)27(12-81)119-64)126-65-58(43(100)36(93)25(10-79)120-65)127-62-46(103)42(99)35(92)24(9-78)118-62)57(133-72(69(111)112)2-17(84)32(89)51(131-72)19(86)5-74)40(97)29(122-66)14-113-60-48(105)55(38(95)26(11-80)116-60)125-61-45(102)41(98)34(91)23(8-77)117-61/h16-66,73-106H,1-15H2,(H,107,108)(H,109,110)(H,111,112)/t16-,17-,18-,19-,20-,21-,22-,23-,24-,25-,26-,27-,28-,29-,30-,31-,32-,33-,34-,35-,36-,37-,38-,39+,40-,41+,42+,43+,44-,45-,46-,47+,48+,49-,50-,51-,52-,53-,54-,55+,56+,57+,58-,59+,60+,61-,62-,63-,64-,65-,66-,70-,71-,72+/m1/s1. The van der Waals surface area contributed by atoms with Gasteiger partial charge in [0, 0.05) is 19.3 Å². The van der Waals surface area contributed by atoms with Gasteiger partial charge in [-0.25, -0.2) is 14.4 Å². The maximum absolute atomic E-state index is 14.1. The zero-order valence-electron chi connectivity index (χ0n) is 69.4. The lowest BCUT2D eigenvalue weighted by molar-refractivity contribution is -0.423. The summed E-state index contributed by atoms with van der Waals surface area (Å²) in [7, 11) is 0. The topological polar surface area (TPSA) is 994 Å². The summed E-state index contributed by atoms with van der Waals surface area (Å²) in [6.45, 7) is -15.6. The SMILES string of the molecule is O=C(O)[C@@]1(O[C@@H]2C[C@](OC[C@H]3O[C@H](CO)[C@@H](O)[C@@H]3O)(C(=O)O)O[C@H]([C@H](O)CO)[C@@H]2O[C@H]2O[C@H](CO)[C@@H](O[C@H]3O[C@H](CO[C@H]4O[C@H](CO)[C@@H](O)[C@H](O[C@H]5O[C@H](CO)[C@@H](O)[C@H](O)[C@H]5O)[C@@H]4O)[C@@H](O)[C@H](O[C@]4(C(=O)O)C[C@@H](O)[C@@H](O)[C@@H]([C@H](O)CO)O4)[C@@H]3O[C@H]3O[C@H](CO)[C@H](O)[C@H](O[C@H]4O[C@H](CO)[C@@H](O)[C@H](O)[C@H]4O[C@H]4O[C@H](CO)[C@@H](O)[C@H](O)[C@H]4O)[C@H]3O)[C@H](O)[C@@H]2O)C[C@@H](O)[C@@H](O)[C@@H]([C@H](O)CO)O1. The van der Waals surface area contributed by atoms with Crippen molar-refractivity contribution >= 4 is 17.9 Å². The average molecular weight is 1960 g/mol. The lowest BCUT2D eigenvalue weighted by atomic mass is 9.89. The second kappa shape index (κ2) is 46.1. The molecule has 0 aromatic heterocycles. The number of rotatable bonds is 38. The van der Waals surface area contributed by atoms with E-state index in [1.807, 2.05) is 0 Å². The van der Waals surface area contributed by atoms with Gasteiger partial charge >= 0.3 is 17.9 Å². The van der Waals surface area contributed by atoms with E-state index in [1.165, 1.54) is 0 Å². The van der Waals surface area contributed by atoms with E-state index in [9.17, 15) is 203 Å². The second-order valence-corrected chi connectivity index (χ2v) is 33.5. The van der Waals surface area contributed by atoms with Gasteiger partial charge in [-0.05, 0) is 0 Å². The van der Waals surface area contributed by atoms with E-state index < -0.39 is 446 Å². The van der Waals surface area contributed by atoms with Crippen molar-refractivity contribution in [1.29, 1.82) is 0 Å². The minimum atomic E-state index is -3.73. The third-order valence-corrected chi connectivity index (χ3v) is 24.8. The molecule has 37 N–H and O–H groups in total. The molecule has 0 aromatic rings. The molecule has 0 saturated carbocycles. The average Bonchev–Trinajstić information content (AvgIpc) is 0.885. The smallest absolute Gasteiger partial charge is 0.364 e. The molecule has 11 heterocycles. The summed E-state index contributed by atoms with van der Waals surface area (Å²) in [6, 6.07) is 0. The van der Waals surface area contributed by atoms with Crippen LogP contribution >= 0.6 is 0 Å². The lowest BCUT2D eigenvalue weighted by Gasteiger charge is -2.53. The van der Waals surface area contributed by atoms with Crippen LogP contribution in [0.2, 0.25) is 0 Å². The maximum atomic E-state index is 14.1. The molecule has 772 valence electrons. The summed E-state index contributed by atoms with van der Waals surface area (Å²) in [4.78, 5) is 41.6. The predicted molar refractivity (Wildman–Crippen MR) is 395 cm³/mol. The van der Waals surface area contributed by atoms with Crippen LogP contribution in [0.1, 0.15) is 19.3 Å². The van der Waals surface area contributed by atoms with E-state index in [0.29, 0.717) is 0 Å². The first-order chi connectivity index (χ1) is 62.8. The molecule has 11 fully saturated rings. The van der Waals surface area contributed by atoms with Gasteiger partial charge in [-0.15, -0.1) is 0 Å². The minimum absolute atomic E-state index is 0.961. The Labute approximate surface area is 747 Å². The van der Waals surface area contributed by atoms with Crippen LogP contribution < -0.4 is 0 Å². The van der Waals surface area contributed by atoms with E-state index in [1.54, 1.807) is 0 Å². The first kappa shape index (κ1) is 110. The van der Waals surface area contributed by atoms with Gasteiger partial charge in [0.15, 0.2) is 44.0 Å². The molecule has 54 atom stereocenters. The zero-order valence-corrected chi connectivity index (χ0v) is 69.4. The van der Waals surface area contributed by atoms with E-state index in [-0.39, 0.29) is 0 Å². The van der Waals surface area contributed by atoms with Crippen molar-refractivity contribution in [3.8, 4) is 0 Å². The van der Waals surface area contributed by atoms with Crippen molar-refractivity contribution < 1.29 is 303 Å². The first-order valence-electron chi connectivity index (χ1n) is 41.7.